The minimum Gasteiger partial charge on any atom is -0.300 e. The van der Waals surface area contributed by atoms with E-state index in [0.717, 1.165) is 12.0 Å². The zero-order valence-corrected chi connectivity index (χ0v) is 9.51. The van der Waals surface area contributed by atoms with Gasteiger partial charge in [0.2, 0.25) is 0 Å². The van der Waals surface area contributed by atoms with Crippen LogP contribution in [-0.2, 0) is 0 Å². The minimum absolute atomic E-state index is 0.723. The molecule has 1 saturated heterocycles. The summed E-state index contributed by atoms with van der Waals surface area (Å²) in [6, 6.07) is 0.723. The van der Waals surface area contributed by atoms with Crippen LogP contribution in [0.3, 0.4) is 0 Å². The molecule has 0 aromatic carbocycles. The summed E-state index contributed by atoms with van der Waals surface area (Å²) in [4.78, 5) is 2.57. The largest absolute Gasteiger partial charge is 0.300 e. The lowest BCUT2D eigenvalue weighted by Gasteiger charge is -2.31. The fourth-order valence-electron chi connectivity index (χ4n) is 1.97. The van der Waals surface area contributed by atoms with E-state index in [2.05, 4.69) is 38.7 Å². The SMILES string of the molecule is CC(C)C=C1CCN(C(C)C)CC1. The van der Waals surface area contributed by atoms with Gasteiger partial charge in [0.25, 0.3) is 0 Å². The number of nitrogens with zero attached hydrogens (tertiary/aromatic N) is 1. The van der Waals surface area contributed by atoms with Crippen molar-refractivity contribution < 1.29 is 0 Å². The van der Waals surface area contributed by atoms with Gasteiger partial charge in [0, 0.05) is 19.1 Å². The molecule has 0 atom stereocenters. The zero-order chi connectivity index (χ0) is 9.84. The Morgan fingerprint density at radius 1 is 1.08 bits per heavy atom. The van der Waals surface area contributed by atoms with Crippen molar-refractivity contribution in [2.24, 2.45) is 5.92 Å². The molecule has 1 heterocycles. The Balaban J connectivity index is 2.39. The van der Waals surface area contributed by atoms with Crippen LogP contribution in [0.4, 0.5) is 0 Å². The van der Waals surface area contributed by atoms with Gasteiger partial charge in [0.05, 0.1) is 0 Å². The number of likely N-dealkylation sites (tertiary alicyclic amines) is 1. The number of hydrogen-bond donors (Lipinski definition) is 0. The first-order valence-electron chi connectivity index (χ1n) is 5.53. The molecule has 13 heavy (non-hydrogen) atoms. The maximum Gasteiger partial charge on any atom is 0.00388 e. The number of rotatable bonds is 2. The molecule has 0 aromatic heterocycles. The third-order valence-electron chi connectivity index (χ3n) is 2.74. The molecule has 0 bridgehead atoms. The molecule has 1 nitrogen and oxygen atoms in total. The molecule has 0 amide bonds. The molecule has 76 valence electrons. The van der Waals surface area contributed by atoms with Crippen LogP contribution in [0.2, 0.25) is 0 Å². The van der Waals surface area contributed by atoms with Crippen molar-refractivity contribution in [3.63, 3.8) is 0 Å². The van der Waals surface area contributed by atoms with Gasteiger partial charge >= 0.3 is 0 Å². The summed E-state index contributed by atoms with van der Waals surface area (Å²) in [6.07, 6.45) is 5.02. The van der Waals surface area contributed by atoms with E-state index >= 15 is 0 Å². The van der Waals surface area contributed by atoms with Crippen molar-refractivity contribution in [2.45, 2.75) is 46.6 Å². The molecule has 1 heteroatoms. The molecule has 1 fully saturated rings. The first-order chi connectivity index (χ1) is 6.09. The fourth-order valence-corrected chi connectivity index (χ4v) is 1.97. The van der Waals surface area contributed by atoms with Gasteiger partial charge in [-0.1, -0.05) is 25.5 Å². The van der Waals surface area contributed by atoms with Crippen LogP contribution in [0.1, 0.15) is 40.5 Å². The zero-order valence-electron chi connectivity index (χ0n) is 9.51. The van der Waals surface area contributed by atoms with Gasteiger partial charge in [0.15, 0.2) is 0 Å². The van der Waals surface area contributed by atoms with Gasteiger partial charge in [-0.15, -0.1) is 0 Å². The third kappa shape index (κ3) is 3.51. The molecular formula is C12H23N. The Labute approximate surface area is 82.8 Å². The lowest BCUT2D eigenvalue weighted by atomic mass is 9.99. The summed E-state index contributed by atoms with van der Waals surface area (Å²) in [5.41, 5.74) is 1.67. The molecular weight excluding hydrogens is 158 g/mol. The Morgan fingerprint density at radius 2 is 1.62 bits per heavy atom. The van der Waals surface area contributed by atoms with Crippen molar-refractivity contribution in [1.29, 1.82) is 0 Å². The highest BCUT2D eigenvalue weighted by atomic mass is 15.1. The van der Waals surface area contributed by atoms with Gasteiger partial charge in [0.1, 0.15) is 0 Å². The van der Waals surface area contributed by atoms with Gasteiger partial charge in [-0.25, -0.2) is 0 Å². The number of piperidine rings is 1. The lowest BCUT2D eigenvalue weighted by molar-refractivity contribution is 0.207. The maximum atomic E-state index is 2.57. The van der Waals surface area contributed by atoms with Crippen LogP contribution >= 0.6 is 0 Å². The lowest BCUT2D eigenvalue weighted by Crippen LogP contribution is -2.36. The fraction of sp³-hybridized carbons (Fsp3) is 0.833. The van der Waals surface area contributed by atoms with Gasteiger partial charge < -0.3 is 4.90 Å². The van der Waals surface area contributed by atoms with Crippen molar-refractivity contribution >= 4 is 0 Å². The van der Waals surface area contributed by atoms with Crippen LogP contribution in [0.25, 0.3) is 0 Å². The Kier molecular flexibility index (Phi) is 3.98. The Morgan fingerprint density at radius 3 is 2.00 bits per heavy atom. The van der Waals surface area contributed by atoms with E-state index in [1.807, 2.05) is 0 Å². The molecule has 0 aromatic rings. The third-order valence-corrected chi connectivity index (χ3v) is 2.74. The van der Waals surface area contributed by atoms with Crippen LogP contribution in [-0.4, -0.2) is 24.0 Å². The Bertz CT molecular complexity index is 170. The monoisotopic (exact) mass is 181 g/mol. The first kappa shape index (κ1) is 10.8. The summed E-state index contributed by atoms with van der Waals surface area (Å²) >= 11 is 0. The first-order valence-corrected chi connectivity index (χ1v) is 5.53. The Hall–Kier alpha value is -0.300. The minimum atomic E-state index is 0.723. The average Bonchev–Trinajstić information content (AvgIpc) is 2.04. The normalized spacial score (nSPS) is 20.0. The van der Waals surface area contributed by atoms with Crippen LogP contribution in [0, 0.1) is 5.92 Å². The summed E-state index contributed by atoms with van der Waals surface area (Å²) < 4.78 is 0. The predicted molar refractivity (Wildman–Crippen MR) is 58.9 cm³/mol. The molecule has 0 N–H and O–H groups in total. The molecule has 0 aliphatic carbocycles. The second-order valence-corrected chi connectivity index (χ2v) is 4.70. The van der Waals surface area contributed by atoms with Crippen LogP contribution in [0.15, 0.2) is 11.6 Å². The van der Waals surface area contributed by atoms with Crippen molar-refractivity contribution in [3.05, 3.63) is 11.6 Å². The molecule has 0 radical (unpaired) electrons. The quantitative estimate of drug-likeness (QED) is 0.592. The number of allylic oxidation sites excluding steroid dienone is 1. The van der Waals surface area contributed by atoms with Crippen LogP contribution in [0.5, 0.6) is 0 Å². The second kappa shape index (κ2) is 4.80. The summed E-state index contributed by atoms with van der Waals surface area (Å²) in [7, 11) is 0. The predicted octanol–water partition coefficient (Wildman–Crippen LogP) is 3.07. The second-order valence-electron chi connectivity index (χ2n) is 4.70. The molecule has 0 unspecified atom stereocenters. The van der Waals surface area contributed by atoms with E-state index in [4.69, 9.17) is 0 Å². The topological polar surface area (TPSA) is 3.24 Å². The van der Waals surface area contributed by atoms with E-state index in [1.165, 1.54) is 25.9 Å². The summed E-state index contributed by atoms with van der Waals surface area (Å²) in [5, 5.41) is 0. The highest BCUT2D eigenvalue weighted by molar-refractivity contribution is 5.07. The van der Waals surface area contributed by atoms with Gasteiger partial charge in [-0.05, 0) is 32.6 Å². The van der Waals surface area contributed by atoms with Gasteiger partial charge in [-0.3, -0.25) is 0 Å². The highest BCUT2D eigenvalue weighted by Gasteiger charge is 2.15. The van der Waals surface area contributed by atoms with Gasteiger partial charge in [-0.2, -0.15) is 0 Å². The highest BCUT2D eigenvalue weighted by Crippen LogP contribution is 2.19. The average molecular weight is 181 g/mol. The van der Waals surface area contributed by atoms with Crippen molar-refractivity contribution in [3.8, 4) is 0 Å². The maximum absolute atomic E-state index is 2.57. The molecule has 0 spiro atoms. The summed E-state index contributed by atoms with van der Waals surface area (Å²) in [5.74, 6) is 0.723. The molecule has 1 rings (SSSR count). The van der Waals surface area contributed by atoms with E-state index in [1.54, 1.807) is 5.57 Å². The van der Waals surface area contributed by atoms with E-state index in [0.29, 0.717) is 0 Å². The molecule has 1 aliphatic heterocycles. The van der Waals surface area contributed by atoms with E-state index in [-0.39, 0.29) is 0 Å². The van der Waals surface area contributed by atoms with Crippen LogP contribution < -0.4 is 0 Å². The van der Waals surface area contributed by atoms with Crippen molar-refractivity contribution in [2.75, 3.05) is 13.1 Å². The standard InChI is InChI=1S/C12H23N/c1-10(2)9-12-5-7-13(8-6-12)11(3)4/h9-11H,5-8H2,1-4H3. The smallest absolute Gasteiger partial charge is 0.00388 e. The molecule has 0 saturated carbocycles. The van der Waals surface area contributed by atoms with Crippen molar-refractivity contribution in [1.82, 2.24) is 4.90 Å². The molecule has 1 aliphatic rings. The van der Waals surface area contributed by atoms with E-state index in [9.17, 15) is 0 Å². The van der Waals surface area contributed by atoms with E-state index < -0.39 is 0 Å². The summed E-state index contributed by atoms with van der Waals surface area (Å²) in [6.45, 7) is 11.6. The number of hydrogen-bond acceptors (Lipinski definition) is 1.